The van der Waals surface area contributed by atoms with Crippen molar-refractivity contribution in [1.29, 1.82) is 0 Å². The highest BCUT2D eigenvalue weighted by molar-refractivity contribution is 5.79. The first kappa shape index (κ1) is 13.0. The zero-order chi connectivity index (χ0) is 12.8. The lowest BCUT2D eigenvalue weighted by Gasteiger charge is -2.13. The molecule has 0 aliphatic carbocycles. The van der Waals surface area contributed by atoms with Crippen LogP contribution in [0.2, 0.25) is 0 Å². The van der Waals surface area contributed by atoms with E-state index < -0.39 is 0 Å². The van der Waals surface area contributed by atoms with Crippen LogP contribution in [0.1, 0.15) is 38.2 Å². The van der Waals surface area contributed by atoms with Crippen molar-refractivity contribution in [2.45, 2.75) is 32.6 Å². The van der Waals surface area contributed by atoms with Crippen LogP contribution in [-0.4, -0.2) is 18.1 Å². The zero-order valence-corrected chi connectivity index (χ0v) is 11.3. The average molecular weight is 242 g/mol. The summed E-state index contributed by atoms with van der Waals surface area (Å²) in [6.45, 7) is 6.71. The lowest BCUT2D eigenvalue weighted by molar-refractivity contribution is 0.591. The van der Waals surface area contributed by atoms with Gasteiger partial charge in [-0.15, -0.1) is 0 Å². The number of pyridine rings is 1. The van der Waals surface area contributed by atoms with Gasteiger partial charge in [0.15, 0.2) is 0 Å². The summed E-state index contributed by atoms with van der Waals surface area (Å²) in [5.41, 5.74) is 2.49. The fraction of sp³-hybridized carbons (Fsp3) is 0.438. The van der Waals surface area contributed by atoms with Crippen LogP contribution < -0.4 is 5.32 Å². The summed E-state index contributed by atoms with van der Waals surface area (Å²) in [6.07, 6.45) is 4.24. The second-order valence-corrected chi connectivity index (χ2v) is 4.90. The fourth-order valence-corrected chi connectivity index (χ4v) is 2.19. The van der Waals surface area contributed by atoms with Gasteiger partial charge in [-0.1, -0.05) is 26.0 Å². The van der Waals surface area contributed by atoms with Crippen LogP contribution in [0.4, 0.5) is 0 Å². The van der Waals surface area contributed by atoms with Gasteiger partial charge in [0, 0.05) is 11.6 Å². The first-order chi connectivity index (χ1) is 8.81. The Kier molecular flexibility index (Phi) is 4.71. The van der Waals surface area contributed by atoms with Crippen molar-refractivity contribution < 1.29 is 0 Å². The van der Waals surface area contributed by atoms with E-state index in [2.05, 4.69) is 48.4 Å². The number of aromatic nitrogens is 1. The van der Waals surface area contributed by atoms with Gasteiger partial charge < -0.3 is 5.32 Å². The standard InChI is InChI=1S/C16H22N2/c1-3-9-17-11-8-13(2)14-6-7-16-15(12-14)5-4-10-18-16/h4-7,10,12-13,17H,3,8-9,11H2,1-2H3. The lowest BCUT2D eigenvalue weighted by atomic mass is 9.96. The Labute approximate surface area is 109 Å². The predicted molar refractivity (Wildman–Crippen MR) is 77.9 cm³/mol. The Morgan fingerprint density at radius 3 is 2.94 bits per heavy atom. The Morgan fingerprint density at radius 1 is 1.22 bits per heavy atom. The van der Waals surface area contributed by atoms with Crippen LogP contribution >= 0.6 is 0 Å². The number of benzene rings is 1. The molecule has 18 heavy (non-hydrogen) atoms. The van der Waals surface area contributed by atoms with Crippen LogP contribution in [0, 0.1) is 0 Å². The molecule has 2 heteroatoms. The van der Waals surface area contributed by atoms with Gasteiger partial charge in [-0.2, -0.15) is 0 Å². The van der Waals surface area contributed by atoms with Gasteiger partial charge >= 0.3 is 0 Å². The van der Waals surface area contributed by atoms with Crippen molar-refractivity contribution in [3.63, 3.8) is 0 Å². The second kappa shape index (κ2) is 6.50. The fourth-order valence-electron chi connectivity index (χ4n) is 2.19. The second-order valence-electron chi connectivity index (χ2n) is 4.90. The van der Waals surface area contributed by atoms with Crippen LogP contribution in [0.15, 0.2) is 36.5 Å². The number of nitrogens with one attached hydrogen (secondary N) is 1. The van der Waals surface area contributed by atoms with Crippen LogP contribution in [-0.2, 0) is 0 Å². The first-order valence-electron chi connectivity index (χ1n) is 6.86. The molecular weight excluding hydrogens is 220 g/mol. The minimum atomic E-state index is 0.596. The van der Waals surface area contributed by atoms with E-state index in [1.807, 2.05) is 12.3 Å². The minimum absolute atomic E-state index is 0.596. The Hall–Kier alpha value is -1.41. The summed E-state index contributed by atoms with van der Waals surface area (Å²) in [4.78, 5) is 4.36. The van der Waals surface area contributed by atoms with Crippen molar-refractivity contribution in [1.82, 2.24) is 10.3 Å². The Balaban J connectivity index is 2.01. The van der Waals surface area contributed by atoms with E-state index in [4.69, 9.17) is 0 Å². The Morgan fingerprint density at radius 2 is 2.11 bits per heavy atom. The molecule has 2 rings (SSSR count). The molecule has 1 aromatic heterocycles. The van der Waals surface area contributed by atoms with Gasteiger partial charge in [-0.05, 0) is 55.6 Å². The molecule has 0 aliphatic rings. The van der Waals surface area contributed by atoms with Gasteiger partial charge in [-0.3, -0.25) is 4.98 Å². The highest BCUT2D eigenvalue weighted by atomic mass is 14.8. The van der Waals surface area contributed by atoms with Gasteiger partial charge in [0.1, 0.15) is 0 Å². The summed E-state index contributed by atoms with van der Waals surface area (Å²) in [7, 11) is 0. The maximum absolute atomic E-state index is 4.36. The molecule has 2 aromatic rings. The first-order valence-corrected chi connectivity index (χ1v) is 6.86. The van der Waals surface area contributed by atoms with Crippen molar-refractivity contribution in [2.75, 3.05) is 13.1 Å². The third-order valence-corrected chi connectivity index (χ3v) is 3.38. The van der Waals surface area contributed by atoms with Gasteiger partial charge in [0.05, 0.1) is 5.52 Å². The highest BCUT2D eigenvalue weighted by Gasteiger charge is 2.06. The predicted octanol–water partition coefficient (Wildman–Crippen LogP) is 3.73. The topological polar surface area (TPSA) is 24.9 Å². The SMILES string of the molecule is CCCNCCC(C)c1ccc2ncccc2c1. The molecule has 1 aromatic carbocycles. The molecule has 0 saturated heterocycles. The summed E-state index contributed by atoms with van der Waals surface area (Å²) >= 11 is 0. The summed E-state index contributed by atoms with van der Waals surface area (Å²) in [6, 6.07) is 10.7. The summed E-state index contributed by atoms with van der Waals surface area (Å²) < 4.78 is 0. The molecule has 0 bridgehead atoms. The van der Waals surface area contributed by atoms with Crippen molar-refractivity contribution in [3.05, 3.63) is 42.1 Å². The lowest BCUT2D eigenvalue weighted by Crippen LogP contribution is -2.17. The van der Waals surface area contributed by atoms with E-state index in [1.54, 1.807) is 0 Å². The van der Waals surface area contributed by atoms with Gasteiger partial charge in [-0.25, -0.2) is 0 Å². The Bertz CT molecular complexity index is 493. The van der Waals surface area contributed by atoms with E-state index in [1.165, 1.54) is 23.8 Å². The highest BCUT2D eigenvalue weighted by Crippen LogP contribution is 2.22. The summed E-state index contributed by atoms with van der Waals surface area (Å²) in [5.74, 6) is 0.596. The van der Waals surface area contributed by atoms with Crippen LogP contribution in [0.5, 0.6) is 0 Å². The monoisotopic (exact) mass is 242 g/mol. The van der Waals surface area contributed by atoms with Gasteiger partial charge in [0.2, 0.25) is 0 Å². The number of hydrogen-bond donors (Lipinski definition) is 1. The zero-order valence-electron chi connectivity index (χ0n) is 11.3. The molecular formula is C16H22N2. The van der Waals surface area contributed by atoms with E-state index in [0.717, 1.165) is 18.6 Å². The van der Waals surface area contributed by atoms with Crippen LogP contribution in [0.3, 0.4) is 0 Å². The van der Waals surface area contributed by atoms with Crippen molar-refractivity contribution in [3.8, 4) is 0 Å². The van der Waals surface area contributed by atoms with Crippen molar-refractivity contribution >= 4 is 10.9 Å². The molecule has 1 atom stereocenters. The molecule has 1 unspecified atom stereocenters. The molecule has 0 fully saturated rings. The van der Waals surface area contributed by atoms with E-state index in [-0.39, 0.29) is 0 Å². The molecule has 1 N–H and O–H groups in total. The number of nitrogens with zero attached hydrogens (tertiary/aromatic N) is 1. The third-order valence-electron chi connectivity index (χ3n) is 3.38. The minimum Gasteiger partial charge on any atom is -0.317 e. The molecule has 0 amide bonds. The van der Waals surface area contributed by atoms with Crippen LogP contribution in [0.25, 0.3) is 10.9 Å². The molecule has 1 heterocycles. The smallest absolute Gasteiger partial charge is 0.0702 e. The molecule has 2 nitrogen and oxygen atoms in total. The summed E-state index contributed by atoms with van der Waals surface area (Å²) in [5, 5.41) is 4.70. The van der Waals surface area contributed by atoms with E-state index in [0.29, 0.717) is 5.92 Å². The maximum atomic E-state index is 4.36. The molecule has 96 valence electrons. The third kappa shape index (κ3) is 3.30. The molecule has 0 radical (unpaired) electrons. The van der Waals surface area contributed by atoms with Gasteiger partial charge in [0.25, 0.3) is 0 Å². The average Bonchev–Trinajstić information content (AvgIpc) is 2.43. The maximum Gasteiger partial charge on any atom is 0.0702 e. The normalized spacial score (nSPS) is 12.8. The molecule has 0 spiro atoms. The van der Waals surface area contributed by atoms with E-state index >= 15 is 0 Å². The number of rotatable bonds is 6. The quantitative estimate of drug-likeness (QED) is 0.781. The molecule has 0 saturated carbocycles. The number of fused-ring (bicyclic) bond motifs is 1. The largest absolute Gasteiger partial charge is 0.317 e. The van der Waals surface area contributed by atoms with E-state index in [9.17, 15) is 0 Å². The molecule has 0 aliphatic heterocycles. The number of hydrogen-bond acceptors (Lipinski definition) is 2. The van der Waals surface area contributed by atoms with Crippen molar-refractivity contribution in [2.24, 2.45) is 0 Å².